The van der Waals surface area contributed by atoms with E-state index in [1.807, 2.05) is 4.90 Å². The monoisotopic (exact) mass is 240 g/mol. The Bertz CT molecular complexity index is 270. The van der Waals surface area contributed by atoms with E-state index in [2.05, 4.69) is 11.9 Å². The van der Waals surface area contributed by atoms with E-state index in [0.717, 1.165) is 32.4 Å². The number of hydrogen-bond acceptors (Lipinski definition) is 3. The number of hydrogen-bond donors (Lipinski definition) is 1. The maximum Gasteiger partial charge on any atom is 0.222 e. The molecule has 98 valence electrons. The van der Waals surface area contributed by atoms with Crippen LogP contribution < -0.4 is 0 Å². The number of aliphatic hydroxyl groups excluding tert-OH is 1. The van der Waals surface area contributed by atoms with Crippen molar-refractivity contribution < 1.29 is 9.90 Å². The van der Waals surface area contributed by atoms with E-state index < -0.39 is 0 Å². The molecule has 2 saturated heterocycles. The summed E-state index contributed by atoms with van der Waals surface area (Å²) in [6.07, 6.45) is 5.82. The summed E-state index contributed by atoms with van der Waals surface area (Å²) in [5.41, 5.74) is 0. The minimum absolute atomic E-state index is 0.195. The maximum atomic E-state index is 12.0. The number of carbonyl (C=O) groups is 1. The van der Waals surface area contributed by atoms with Crippen molar-refractivity contribution in [1.82, 2.24) is 9.80 Å². The fraction of sp³-hybridized carbons (Fsp3) is 0.923. The molecule has 0 aliphatic carbocycles. The van der Waals surface area contributed by atoms with Gasteiger partial charge >= 0.3 is 0 Å². The smallest absolute Gasteiger partial charge is 0.222 e. The second-order valence-electron chi connectivity index (χ2n) is 5.36. The SMILES string of the molecule is CN1C2CCC1CN(C(=O)CCCCO)CC2. The van der Waals surface area contributed by atoms with Crippen molar-refractivity contribution in [3.63, 3.8) is 0 Å². The lowest BCUT2D eigenvalue weighted by Crippen LogP contribution is -2.39. The lowest BCUT2D eigenvalue weighted by Gasteiger charge is -2.25. The van der Waals surface area contributed by atoms with Crippen LogP contribution in [0.1, 0.15) is 38.5 Å². The van der Waals surface area contributed by atoms with Gasteiger partial charge in [-0.3, -0.25) is 9.69 Å². The summed E-state index contributed by atoms with van der Waals surface area (Å²) in [7, 11) is 2.20. The second kappa shape index (κ2) is 5.83. The van der Waals surface area contributed by atoms with Crippen LogP contribution in [0.5, 0.6) is 0 Å². The van der Waals surface area contributed by atoms with Crippen LogP contribution >= 0.6 is 0 Å². The summed E-state index contributed by atoms with van der Waals surface area (Å²) in [6.45, 7) is 2.02. The molecule has 0 saturated carbocycles. The molecule has 2 aliphatic rings. The Morgan fingerprint density at radius 1 is 1.24 bits per heavy atom. The summed E-state index contributed by atoms with van der Waals surface area (Å²) in [4.78, 5) is 16.5. The molecule has 0 aromatic rings. The molecule has 2 aliphatic heterocycles. The number of nitrogens with zero attached hydrogens (tertiary/aromatic N) is 2. The van der Waals surface area contributed by atoms with Gasteiger partial charge in [-0.25, -0.2) is 0 Å². The van der Waals surface area contributed by atoms with Gasteiger partial charge in [0.25, 0.3) is 0 Å². The molecule has 1 amide bonds. The minimum Gasteiger partial charge on any atom is -0.396 e. The summed E-state index contributed by atoms with van der Waals surface area (Å²) in [5.74, 6) is 0.277. The van der Waals surface area contributed by atoms with E-state index in [9.17, 15) is 4.79 Å². The van der Waals surface area contributed by atoms with Crippen LogP contribution in [-0.2, 0) is 4.79 Å². The molecule has 2 fully saturated rings. The highest BCUT2D eigenvalue weighted by Gasteiger charge is 2.35. The van der Waals surface area contributed by atoms with E-state index in [1.54, 1.807) is 0 Å². The molecular formula is C13H24N2O2. The summed E-state index contributed by atoms with van der Waals surface area (Å²) in [6, 6.07) is 1.26. The number of likely N-dealkylation sites (tertiary alicyclic amines) is 1. The number of rotatable bonds is 4. The Hall–Kier alpha value is -0.610. The molecule has 4 nitrogen and oxygen atoms in total. The first-order valence-corrected chi connectivity index (χ1v) is 6.83. The molecule has 0 aromatic carbocycles. The van der Waals surface area contributed by atoms with Crippen molar-refractivity contribution in [1.29, 1.82) is 0 Å². The van der Waals surface area contributed by atoms with Gasteiger partial charge in [0, 0.05) is 38.2 Å². The zero-order valence-corrected chi connectivity index (χ0v) is 10.8. The van der Waals surface area contributed by atoms with Crippen molar-refractivity contribution >= 4 is 5.91 Å². The first-order chi connectivity index (χ1) is 8.22. The highest BCUT2D eigenvalue weighted by atomic mass is 16.3. The molecule has 2 heterocycles. The van der Waals surface area contributed by atoms with Gasteiger partial charge in [-0.2, -0.15) is 0 Å². The van der Waals surface area contributed by atoms with Gasteiger partial charge in [-0.05, 0) is 39.2 Å². The average molecular weight is 240 g/mol. The third kappa shape index (κ3) is 2.99. The van der Waals surface area contributed by atoms with Crippen molar-refractivity contribution in [3.8, 4) is 0 Å². The van der Waals surface area contributed by atoms with E-state index in [-0.39, 0.29) is 12.5 Å². The van der Waals surface area contributed by atoms with Crippen LogP contribution in [0.4, 0.5) is 0 Å². The van der Waals surface area contributed by atoms with Gasteiger partial charge in [-0.1, -0.05) is 0 Å². The molecular weight excluding hydrogens is 216 g/mol. The summed E-state index contributed by atoms with van der Waals surface area (Å²) >= 11 is 0. The third-order valence-corrected chi connectivity index (χ3v) is 4.30. The Labute approximate surface area is 104 Å². The Kier molecular flexibility index (Phi) is 4.40. The van der Waals surface area contributed by atoms with Gasteiger partial charge in [0.1, 0.15) is 0 Å². The lowest BCUT2D eigenvalue weighted by atomic mass is 10.1. The quantitative estimate of drug-likeness (QED) is 0.741. The fourth-order valence-electron chi connectivity index (χ4n) is 3.08. The number of aliphatic hydroxyl groups is 1. The first-order valence-electron chi connectivity index (χ1n) is 6.83. The van der Waals surface area contributed by atoms with E-state index in [4.69, 9.17) is 5.11 Å². The molecule has 4 heteroatoms. The van der Waals surface area contributed by atoms with Crippen LogP contribution in [0, 0.1) is 0 Å². The van der Waals surface area contributed by atoms with Crippen LogP contribution in [0.2, 0.25) is 0 Å². The maximum absolute atomic E-state index is 12.0. The predicted octanol–water partition coefficient (Wildman–Crippen LogP) is 0.844. The van der Waals surface area contributed by atoms with Crippen molar-refractivity contribution in [2.75, 3.05) is 26.7 Å². The summed E-state index contributed by atoms with van der Waals surface area (Å²) in [5, 5.41) is 8.72. The highest BCUT2D eigenvalue weighted by molar-refractivity contribution is 5.76. The van der Waals surface area contributed by atoms with Crippen molar-refractivity contribution in [2.45, 2.75) is 50.6 Å². The molecule has 17 heavy (non-hydrogen) atoms. The number of amides is 1. The molecule has 0 spiro atoms. The lowest BCUT2D eigenvalue weighted by molar-refractivity contribution is -0.131. The van der Waals surface area contributed by atoms with E-state index in [0.29, 0.717) is 18.5 Å². The number of likely N-dealkylation sites (N-methyl/N-ethyl adjacent to an activating group) is 1. The first kappa shape index (κ1) is 12.8. The van der Waals surface area contributed by atoms with E-state index in [1.165, 1.54) is 12.8 Å². The molecule has 0 radical (unpaired) electrons. The Balaban J connectivity index is 1.83. The molecule has 0 aromatic heterocycles. The second-order valence-corrected chi connectivity index (χ2v) is 5.36. The predicted molar refractivity (Wildman–Crippen MR) is 66.7 cm³/mol. The minimum atomic E-state index is 0.195. The largest absolute Gasteiger partial charge is 0.396 e. The Morgan fingerprint density at radius 3 is 2.76 bits per heavy atom. The van der Waals surface area contributed by atoms with Crippen molar-refractivity contribution in [3.05, 3.63) is 0 Å². The normalized spacial score (nSPS) is 29.4. The fourth-order valence-corrected chi connectivity index (χ4v) is 3.08. The van der Waals surface area contributed by atoms with Crippen LogP contribution in [0.25, 0.3) is 0 Å². The van der Waals surface area contributed by atoms with Crippen LogP contribution in [-0.4, -0.2) is 59.6 Å². The zero-order valence-electron chi connectivity index (χ0n) is 10.8. The number of fused-ring (bicyclic) bond motifs is 2. The molecule has 1 N–H and O–H groups in total. The Morgan fingerprint density at radius 2 is 2.00 bits per heavy atom. The van der Waals surface area contributed by atoms with Gasteiger partial charge in [-0.15, -0.1) is 0 Å². The standard InChI is InChI=1S/C13H24N2O2/c1-14-11-5-6-12(14)10-15(8-7-11)13(17)4-2-3-9-16/h11-12,16H,2-10H2,1H3. The van der Waals surface area contributed by atoms with Gasteiger partial charge < -0.3 is 10.0 Å². The highest BCUT2D eigenvalue weighted by Crippen LogP contribution is 2.28. The molecule has 2 atom stereocenters. The molecule has 2 rings (SSSR count). The molecule has 2 bridgehead atoms. The summed E-state index contributed by atoms with van der Waals surface area (Å²) < 4.78 is 0. The van der Waals surface area contributed by atoms with Crippen LogP contribution in [0.3, 0.4) is 0 Å². The number of unbranched alkanes of at least 4 members (excludes halogenated alkanes) is 1. The molecule has 2 unspecified atom stereocenters. The average Bonchev–Trinajstić information content (AvgIpc) is 2.53. The van der Waals surface area contributed by atoms with E-state index >= 15 is 0 Å². The van der Waals surface area contributed by atoms with Gasteiger partial charge in [0.2, 0.25) is 5.91 Å². The third-order valence-electron chi connectivity index (χ3n) is 4.30. The van der Waals surface area contributed by atoms with Crippen molar-refractivity contribution in [2.24, 2.45) is 0 Å². The topological polar surface area (TPSA) is 43.8 Å². The number of carbonyl (C=O) groups excluding carboxylic acids is 1. The van der Waals surface area contributed by atoms with Crippen LogP contribution in [0.15, 0.2) is 0 Å². The van der Waals surface area contributed by atoms with Gasteiger partial charge in [0.15, 0.2) is 0 Å². The van der Waals surface area contributed by atoms with Gasteiger partial charge in [0.05, 0.1) is 0 Å². The zero-order chi connectivity index (χ0) is 12.3.